The standard InChI is InChI=1S/C71H116N12O19/c1-15-45(8)61(54(97-13)39-57(86)83-33-20-24-53(83)63(98-14)46(9)64(88)76-47(10)62(87)49-21-17-16-18-22-49)81(11)68(92)59(43(4)5)80-67(91)60(44(6)7)82(12)71(96)102-40-48-25-27-50(28-26-48)77-65(89)52(23-19-31-75-70(73)95)78-66(90)58(42(2)3)79-56(85)41-101-38-37-100-36-35-99-34-32-74-55(84)30-29-51(72)69(93)94/h16-18,21-22,25-28,42-47,51-54,58-63,87H,15,19-20,23-24,29-41,72H2,1-14H3,(H,74,84)(H,76,88)(H,77,89)(H,78,90)(H,79,85)(H,80,91)(H,93,94)(H3,73,75,95)/t45-,46+,47+,51-,52-,53-,54+,58-,59-,60-,61-,62+,63+/m0/s1. The third-order valence-corrected chi connectivity index (χ3v) is 18.1. The maximum Gasteiger partial charge on any atom is 0.410 e. The molecule has 0 aliphatic carbocycles. The maximum absolute atomic E-state index is 14.8. The lowest BCUT2D eigenvalue weighted by atomic mass is 9.89. The zero-order valence-electron chi connectivity index (χ0n) is 62.0. The molecular formula is C71H116N12O19. The predicted molar refractivity (Wildman–Crippen MR) is 379 cm³/mol. The number of nitrogens with one attached hydrogen (secondary N) is 7. The minimum Gasteiger partial charge on any atom is -0.480 e. The molecule has 1 heterocycles. The van der Waals surface area contributed by atoms with Gasteiger partial charge in [-0.15, -0.1) is 0 Å². The first-order valence-electron chi connectivity index (χ1n) is 35.2. The average Bonchev–Trinajstić information content (AvgIpc) is 1.46. The van der Waals surface area contributed by atoms with Crippen molar-refractivity contribution in [1.82, 2.24) is 46.6 Å². The van der Waals surface area contributed by atoms with Crippen LogP contribution in [-0.4, -0.2) is 238 Å². The highest BCUT2D eigenvalue weighted by Crippen LogP contribution is 2.31. The van der Waals surface area contributed by atoms with Crippen molar-refractivity contribution in [3.63, 3.8) is 0 Å². The number of methoxy groups -OCH3 is 2. The van der Waals surface area contributed by atoms with E-state index in [-0.39, 0.29) is 108 Å². The van der Waals surface area contributed by atoms with Crippen LogP contribution in [0.3, 0.4) is 0 Å². The Morgan fingerprint density at radius 1 is 0.676 bits per heavy atom. The average molecular weight is 1440 g/mol. The second-order valence-corrected chi connectivity index (χ2v) is 26.9. The minimum absolute atomic E-state index is 0.0102. The van der Waals surface area contributed by atoms with Gasteiger partial charge in [0.1, 0.15) is 43.4 Å². The Kier molecular flexibility index (Phi) is 39.6. The number of carboxylic acid groups (broad SMARTS) is 1. The molecule has 102 heavy (non-hydrogen) atoms. The van der Waals surface area contributed by atoms with Crippen molar-refractivity contribution >= 4 is 71.0 Å². The van der Waals surface area contributed by atoms with E-state index < -0.39 is 145 Å². The smallest absolute Gasteiger partial charge is 0.410 e. The van der Waals surface area contributed by atoms with Crippen LogP contribution in [-0.2, 0) is 78.2 Å². The molecule has 0 unspecified atom stereocenters. The van der Waals surface area contributed by atoms with E-state index in [0.717, 1.165) is 0 Å². The lowest BCUT2D eigenvalue weighted by Crippen LogP contribution is -2.60. The maximum atomic E-state index is 14.8. The van der Waals surface area contributed by atoms with Gasteiger partial charge in [0.2, 0.25) is 47.3 Å². The molecule has 13 N–H and O–H groups in total. The first-order valence-corrected chi connectivity index (χ1v) is 35.2. The van der Waals surface area contributed by atoms with E-state index in [1.165, 1.54) is 26.2 Å². The summed E-state index contributed by atoms with van der Waals surface area (Å²) in [6, 6.07) is 7.38. The second-order valence-electron chi connectivity index (χ2n) is 26.9. The molecule has 31 heteroatoms. The number of primary amides is 1. The number of aliphatic hydroxyl groups excluding tert-OH is 1. The Morgan fingerprint density at radius 3 is 1.88 bits per heavy atom. The van der Waals surface area contributed by atoms with Crippen LogP contribution in [0.25, 0.3) is 0 Å². The zero-order chi connectivity index (χ0) is 76.3. The van der Waals surface area contributed by atoms with Gasteiger partial charge >= 0.3 is 18.1 Å². The third-order valence-electron chi connectivity index (χ3n) is 18.1. The van der Waals surface area contributed by atoms with Gasteiger partial charge < -0.3 is 97.1 Å². The van der Waals surface area contributed by atoms with E-state index in [9.17, 15) is 57.8 Å². The van der Waals surface area contributed by atoms with E-state index >= 15 is 0 Å². The summed E-state index contributed by atoms with van der Waals surface area (Å²) in [4.78, 5) is 150. The first-order chi connectivity index (χ1) is 48.3. The van der Waals surface area contributed by atoms with Gasteiger partial charge in [-0.2, -0.15) is 0 Å². The van der Waals surface area contributed by atoms with Crippen LogP contribution in [0, 0.1) is 29.6 Å². The number of nitrogens with two attached hydrogens (primary N) is 2. The molecule has 0 saturated carbocycles. The van der Waals surface area contributed by atoms with Crippen molar-refractivity contribution < 1.29 is 91.4 Å². The normalized spacial score (nSPS) is 16.5. The number of hydrogen-bond donors (Lipinski definition) is 11. The molecule has 1 fully saturated rings. The first kappa shape index (κ1) is 88.1. The molecule has 0 radical (unpaired) electrons. The number of ether oxygens (including phenoxy) is 6. The van der Waals surface area contributed by atoms with Crippen LogP contribution in [0.15, 0.2) is 54.6 Å². The summed E-state index contributed by atoms with van der Waals surface area (Å²) < 4.78 is 34.0. The molecule has 2 aromatic rings. The van der Waals surface area contributed by atoms with Gasteiger partial charge in [0, 0.05) is 60.1 Å². The second kappa shape index (κ2) is 45.8. The molecule has 574 valence electrons. The summed E-state index contributed by atoms with van der Waals surface area (Å²) in [6.07, 6.45) is -1.21. The number of amides is 11. The number of hydrogen-bond acceptors (Lipinski definition) is 19. The van der Waals surface area contributed by atoms with E-state index in [0.29, 0.717) is 42.6 Å². The molecule has 31 nitrogen and oxygen atoms in total. The number of nitrogens with zero attached hydrogens (tertiary/aromatic N) is 3. The number of aliphatic hydroxyl groups is 1. The molecule has 0 bridgehead atoms. The van der Waals surface area contributed by atoms with Crippen LogP contribution in [0.4, 0.5) is 15.3 Å². The van der Waals surface area contributed by atoms with Gasteiger partial charge in [0.15, 0.2) is 0 Å². The van der Waals surface area contributed by atoms with Gasteiger partial charge in [-0.1, -0.05) is 111 Å². The Labute approximate surface area is 600 Å². The highest BCUT2D eigenvalue weighted by molar-refractivity contribution is 5.98. The largest absolute Gasteiger partial charge is 0.480 e. The lowest BCUT2D eigenvalue weighted by molar-refractivity contribution is -0.148. The SMILES string of the molecule is CC[C@H](C)[C@@H]([C@@H](CC(=O)N1CCC[C@H]1[C@H](OC)[C@@H](C)C(=O)N[C@H](C)[C@@H](O)c1ccccc1)OC)N(C)C(=O)[C@@H](NC(=O)[C@H](C(C)C)N(C)C(=O)OCc1ccc(NC(=O)[C@H](CCCNC(N)=O)NC(=O)[C@@H](NC(=O)COCCOCCOCCNC(=O)CC[C@H](N)C(=O)O)C(C)C)cc1)C(C)C. The summed E-state index contributed by atoms with van der Waals surface area (Å²) in [5.74, 6) is -7.21. The predicted octanol–water partition coefficient (Wildman–Crippen LogP) is 2.95. The van der Waals surface area contributed by atoms with Gasteiger partial charge in [-0.25, -0.2) is 9.59 Å². The summed E-state index contributed by atoms with van der Waals surface area (Å²) >= 11 is 0. The van der Waals surface area contributed by atoms with Crippen molar-refractivity contribution in [1.29, 1.82) is 0 Å². The van der Waals surface area contributed by atoms with Crippen LogP contribution in [0.5, 0.6) is 0 Å². The van der Waals surface area contributed by atoms with Crippen molar-refractivity contribution in [2.24, 2.45) is 41.1 Å². The van der Waals surface area contributed by atoms with Gasteiger partial charge in [-0.05, 0) is 86.0 Å². The molecule has 11 amide bonds. The number of carboxylic acids is 1. The highest BCUT2D eigenvalue weighted by atomic mass is 16.6. The molecule has 1 aliphatic heterocycles. The summed E-state index contributed by atoms with van der Waals surface area (Å²) in [7, 11) is 6.06. The number of carbonyl (C=O) groups is 11. The van der Waals surface area contributed by atoms with E-state index in [4.69, 9.17) is 45.0 Å². The molecule has 3 rings (SSSR count). The summed E-state index contributed by atoms with van der Waals surface area (Å²) in [6.45, 7) is 18.8. The molecule has 1 aliphatic rings. The number of rotatable bonds is 47. The van der Waals surface area contributed by atoms with Crippen molar-refractivity contribution in [3.8, 4) is 0 Å². The molecular weight excluding hydrogens is 1320 g/mol. The van der Waals surface area contributed by atoms with E-state index in [1.54, 1.807) is 109 Å². The van der Waals surface area contributed by atoms with Crippen molar-refractivity contribution in [3.05, 3.63) is 65.7 Å². The quantitative estimate of drug-likeness (QED) is 0.0424. The Bertz CT molecular complexity index is 2970. The number of aliphatic carboxylic acids is 1. The number of benzene rings is 2. The molecule has 2 aromatic carbocycles. The highest BCUT2D eigenvalue weighted by Gasteiger charge is 2.44. The van der Waals surface area contributed by atoms with Gasteiger partial charge in [0.05, 0.1) is 81.8 Å². The van der Waals surface area contributed by atoms with Crippen LogP contribution < -0.4 is 48.7 Å². The summed E-state index contributed by atoms with van der Waals surface area (Å²) in [5, 5.41) is 38.9. The van der Waals surface area contributed by atoms with Gasteiger partial charge in [0.25, 0.3) is 0 Å². The van der Waals surface area contributed by atoms with Crippen molar-refractivity contribution in [2.75, 3.05) is 92.9 Å². The minimum atomic E-state index is -1.18. The fourth-order valence-corrected chi connectivity index (χ4v) is 12.0. The molecule has 1 saturated heterocycles. The zero-order valence-corrected chi connectivity index (χ0v) is 62.0. The lowest BCUT2D eigenvalue weighted by Gasteiger charge is -2.41. The van der Waals surface area contributed by atoms with Crippen LogP contribution >= 0.6 is 0 Å². The summed E-state index contributed by atoms with van der Waals surface area (Å²) in [5.41, 5.74) is 12.1. The number of likely N-dealkylation sites (N-methyl/N-ethyl adjacent to an activating group) is 2. The topological polar surface area (TPSA) is 430 Å². The van der Waals surface area contributed by atoms with Crippen molar-refractivity contribution in [2.45, 2.75) is 194 Å². The van der Waals surface area contributed by atoms with E-state index in [2.05, 4.69) is 37.2 Å². The third kappa shape index (κ3) is 29.3. The number of anilines is 1. The van der Waals surface area contributed by atoms with Crippen LogP contribution in [0.1, 0.15) is 138 Å². The number of likely N-dealkylation sites (tertiary alicyclic amines) is 1. The number of urea groups is 1. The molecule has 0 aromatic heterocycles. The Hall–Kier alpha value is -8.07. The molecule has 13 atom stereocenters. The monoisotopic (exact) mass is 1440 g/mol. The van der Waals surface area contributed by atoms with Gasteiger partial charge in [-0.3, -0.25) is 48.1 Å². The number of carbonyl (C=O) groups excluding carboxylic acids is 10. The fraction of sp³-hybridized carbons (Fsp3) is 0.676. The molecule has 0 spiro atoms. The van der Waals surface area contributed by atoms with Crippen LogP contribution in [0.2, 0.25) is 0 Å². The Balaban J connectivity index is 1.61. The van der Waals surface area contributed by atoms with E-state index in [1.807, 2.05) is 32.0 Å². The fourth-order valence-electron chi connectivity index (χ4n) is 12.0. The Morgan fingerprint density at radius 2 is 1.30 bits per heavy atom.